The van der Waals surface area contributed by atoms with Gasteiger partial charge in [0.1, 0.15) is 5.69 Å². The van der Waals surface area contributed by atoms with Crippen LogP contribution in [-0.4, -0.2) is 22.0 Å². The van der Waals surface area contributed by atoms with E-state index in [0.29, 0.717) is 10.2 Å². The van der Waals surface area contributed by atoms with Crippen LogP contribution in [0, 0.1) is 16.0 Å². The maximum absolute atomic E-state index is 10.9. The molecule has 6 nitrogen and oxygen atoms in total. The first-order valence-electron chi connectivity index (χ1n) is 5.73. The molecule has 2 N–H and O–H groups in total. The summed E-state index contributed by atoms with van der Waals surface area (Å²) in [6.07, 6.45) is -0.0959. The van der Waals surface area contributed by atoms with Crippen molar-refractivity contribution in [2.24, 2.45) is 5.92 Å². The first-order chi connectivity index (χ1) is 8.81. The highest BCUT2D eigenvalue weighted by Gasteiger charge is 2.21. The molecule has 0 heterocycles. The fourth-order valence-corrected chi connectivity index (χ4v) is 1.99. The van der Waals surface area contributed by atoms with Gasteiger partial charge in [-0.1, -0.05) is 29.8 Å². The van der Waals surface area contributed by atoms with Crippen LogP contribution in [0.25, 0.3) is 0 Å². The molecule has 0 spiro atoms. The molecule has 7 heteroatoms. The van der Waals surface area contributed by atoms with Crippen LogP contribution in [0.15, 0.2) is 22.7 Å². The number of hydrogen-bond acceptors (Lipinski definition) is 4. The molecular weight excluding hydrogens is 316 g/mol. The van der Waals surface area contributed by atoms with E-state index >= 15 is 0 Å². The number of benzene rings is 1. The van der Waals surface area contributed by atoms with Crippen LogP contribution in [0.4, 0.5) is 11.4 Å². The lowest BCUT2D eigenvalue weighted by atomic mass is 10.0. The Balaban J connectivity index is 3.04. The SMILES string of the molecule is CC(C)C(CC(=O)O)Nc1cc(Br)ccc1[N+](=O)[O-]. The van der Waals surface area contributed by atoms with Crippen LogP contribution in [0.1, 0.15) is 20.3 Å². The quantitative estimate of drug-likeness (QED) is 0.616. The first kappa shape index (κ1) is 15.4. The summed E-state index contributed by atoms with van der Waals surface area (Å²) in [6, 6.07) is 4.16. The molecule has 1 atom stereocenters. The molecule has 1 rings (SSSR count). The Labute approximate surface area is 119 Å². The summed E-state index contributed by atoms with van der Waals surface area (Å²) in [6.45, 7) is 3.73. The standard InChI is InChI=1S/C12H15BrN2O4/c1-7(2)9(6-12(16)17)14-10-5-8(13)3-4-11(10)15(18)19/h3-5,7,9,14H,6H2,1-2H3,(H,16,17). The molecule has 0 saturated carbocycles. The highest BCUT2D eigenvalue weighted by Crippen LogP contribution is 2.29. The van der Waals surface area contributed by atoms with Gasteiger partial charge in [-0.3, -0.25) is 14.9 Å². The molecule has 0 amide bonds. The Morgan fingerprint density at radius 3 is 2.63 bits per heavy atom. The summed E-state index contributed by atoms with van der Waals surface area (Å²) in [5.74, 6) is -0.904. The van der Waals surface area contributed by atoms with Crippen LogP contribution in [0.3, 0.4) is 0 Å². The molecule has 0 aliphatic carbocycles. The molecule has 0 bridgehead atoms. The largest absolute Gasteiger partial charge is 0.481 e. The fourth-order valence-electron chi connectivity index (χ4n) is 1.62. The van der Waals surface area contributed by atoms with Crippen LogP contribution < -0.4 is 5.32 Å². The predicted octanol–water partition coefficient (Wildman–Crippen LogP) is 3.27. The lowest BCUT2D eigenvalue weighted by Crippen LogP contribution is -2.28. The number of halogens is 1. The van der Waals surface area contributed by atoms with E-state index < -0.39 is 10.9 Å². The minimum Gasteiger partial charge on any atom is -0.481 e. The Bertz CT molecular complexity index is 491. The second-order valence-corrected chi connectivity index (χ2v) is 5.43. The van der Waals surface area contributed by atoms with Gasteiger partial charge in [-0.2, -0.15) is 0 Å². The van der Waals surface area contributed by atoms with E-state index in [0.717, 1.165) is 0 Å². The van der Waals surface area contributed by atoms with Crippen molar-refractivity contribution in [2.75, 3.05) is 5.32 Å². The van der Waals surface area contributed by atoms with Crippen molar-refractivity contribution in [2.45, 2.75) is 26.3 Å². The predicted molar refractivity (Wildman–Crippen MR) is 75.3 cm³/mol. The molecule has 104 valence electrons. The van der Waals surface area contributed by atoms with Gasteiger partial charge in [-0.15, -0.1) is 0 Å². The molecule has 0 aliphatic rings. The van der Waals surface area contributed by atoms with Crippen molar-refractivity contribution in [1.82, 2.24) is 0 Å². The number of carboxylic acid groups (broad SMARTS) is 1. The van der Waals surface area contributed by atoms with E-state index in [9.17, 15) is 14.9 Å². The monoisotopic (exact) mass is 330 g/mol. The average Bonchev–Trinajstić information content (AvgIpc) is 2.26. The topological polar surface area (TPSA) is 92.5 Å². The number of aliphatic carboxylic acids is 1. The molecule has 0 radical (unpaired) electrons. The molecule has 19 heavy (non-hydrogen) atoms. The second-order valence-electron chi connectivity index (χ2n) is 4.51. The smallest absolute Gasteiger partial charge is 0.305 e. The van der Waals surface area contributed by atoms with E-state index in [1.54, 1.807) is 12.1 Å². The maximum Gasteiger partial charge on any atom is 0.305 e. The highest BCUT2D eigenvalue weighted by molar-refractivity contribution is 9.10. The molecule has 0 aromatic heterocycles. The second kappa shape index (κ2) is 6.51. The van der Waals surface area contributed by atoms with E-state index in [2.05, 4.69) is 21.2 Å². The van der Waals surface area contributed by atoms with Crippen molar-refractivity contribution in [1.29, 1.82) is 0 Å². The molecule has 1 aromatic rings. The summed E-state index contributed by atoms with van der Waals surface area (Å²) in [5, 5.41) is 22.7. The van der Waals surface area contributed by atoms with E-state index in [1.807, 2.05) is 13.8 Å². The zero-order valence-electron chi connectivity index (χ0n) is 10.6. The maximum atomic E-state index is 10.9. The zero-order chi connectivity index (χ0) is 14.6. The number of carbonyl (C=O) groups is 1. The molecular formula is C12H15BrN2O4. The Morgan fingerprint density at radius 2 is 2.16 bits per heavy atom. The number of nitro benzene ring substituents is 1. The van der Waals surface area contributed by atoms with Gasteiger partial charge >= 0.3 is 5.97 Å². The zero-order valence-corrected chi connectivity index (χ0v) is 12.2. The van der Waals surface area contributed by atoms with Crippen molar-refractivity contribution in [3.63, 3.8) is 0 Å². The third kappa shape index (κ3) is 4.51. The summed E-state index contributed by atoms with van der Waals surface area (Å²) >= 11 is 3.24. The normalized spacial score (nSPS) is 12.2. The lowest BCUT2D eigenvalue weighted by Gasteiger charge is -2.21. The number of carboxylic acids is 1. The lowest BCUT2D eigenvalue weighted by molar-refractivity contribution is -0.384. The van der Waals surface area contributed by atoms with Crippen LogP contribution in [0.5, 0.6) is 0 Å². The molecule has 0 aliphatic heterocycles. The van der Waals surface area contributed by atoms with Gasteiger partial charge in [-0.05, 0) is 18.1 Å². The summed E-state index contributed by atoms with van der Waals surface area (Å²) in [4.78, 5) is 21.3. The molecule has 0 fully saturated rings. The van der Waals surface area contributed by atoms with Crippen molar-refractivity contribution in [3.05, 3.63) is 32.8 Å². The summed E-state index contributed by atoms with van der Waals surface area (Å²) in [7, 11) is 0. The molecule has 0 saturated heterocycles. The third-order valence-electron chi connectivity index (χ3n) is 2.70. The highest BCUT2D eigenvalue weighted by atomic mass is 79.9. The number of nitrogens with zero attached hydrogens (tertiary/aromatic N) is 1. The van der Waals surface area contributed by atoms with Gasteiger partial charge in [0.25, 0.3) is 5.69 Å². The van der Waals surface area contributed by atoms with Crippen molar-refractivity contribution >= 4 is 33.3 Å². The van der Waals surface area contributed by atoms with Crippen LogP contribution in [0.2, 0.25) is 0 Å². The fraction of sp³-hybridized carbons (Fsp3) is 0.417. The van der Waals surface area contributed by atoms with Crippen molar-refractivity contribution in [3.8, 4) is 0 Å². The summed E-state index contributed by atoms with van der Waals surface area (Å²) < 4.78 is 0.693. The first-order valence-corrected chi connectivity index (χ1v) is 6.53. The van der Waals surface area contributed by atoms with E-state index in [1.165, 1.54) is 6.07 Å². The Kier molecular flexibility index (Phi) is 5.29. The van der Waals surface area contributed by atoms with Gasteiger partial charge < -0.3 is 10.4 Å². The minimum absolute atomic E-state index is 0.0367. The van der Waals surface area contributed by atoms with Crippen LogP contribution >= 0.6 is 15.9 Å². The Morgan fingerprint density at radius 1 is 1.53 bits per heavy atom. The van der Waals surface area contributed by atoms with Gasteiger partial charge in [-0.25, -0.2) is 0 Å². The van der Waals surface area contributed by atoms with Gasteiger partial charge in [0.15, 0.2) is 0 Å². The molecule has 1 aromatic carbocycles. The Hall–Kier alpha value is -1.63. The van der Waals surface area contributed by atoms with E-state index in [4.69, 9.17) is 5.11 Å². The van der Waals surface area contributed by atoms with Gasteiger partial charge in [0.05, 0.1) is 11.3 Å². The number of anilines is 1. The minimum atomic E-state index is -0.941. The summed E-state index contributed by atoms with van der Waals surface area (Å²) in [5.41, 5.74) is 0.249. The van der Waals surface area contributed by atoms with E-state index in [-0.39, 0.29) is 24.1 Å². The van der Waals surface area contributed by atoms with Gasteiger partial charge in [0.2, 0.25) is 0 Å². The number of nitro groups is 1. The van der Waals surface area contributed by atoms with Crippen LogP contribution in [-0.2, 0) is 4.79 Å². The number of hydrogen-bond donors (Lipinski definition) is 2. The molecule has 1 unspecified atom stereocenters. The third-order valence-corrected chi connectivity index (χ3v) is 3.19. The average molecular weight is 331 g/mol. The van der Waals surface area contributed by atoms with Crippen molar-refractivity contribution < 1.29 is 14.8 Å². The number of nitrogens with one attached hydrogen (secondary N) is 1. The van der Waals surface area contributed by atoms with Gasteiger partial charge in [0, 0.05) is 16.6 Å². The number of rotatable bonds is 6.